The van der Waals surface area contributed by atoms with Crippen molar-refractivity contribution in [2.24, 2.45) is 5.41 Å². The molecule has 1 spiro atoms. The normalized spacial score (nSPS) is 22.5. The van der Waals surface area contributed by atoms with E-state index in [1.54, 1.807) is 29.9 Å². The molecule has 0 radical (unpaired) electrons. The first-order valence-corrected chi connectivity index (χ1v) is 10.3. The molecule has 7 heteroatoms. The zero-order valence-corrected chi connectivity index (χ0v) is 16.0. The highest BCUT2D eigenvalue weighted by atomic mass is 32.1. The van der Waals surface area contributed by atoms with Crippen LogP contribution in [-0.4, -0.2) is 52.3 Å². The van der Waals surface area contributed by atoms with Gasteiger partial charge in [0.15, 0.2) is 5.13 Å². The minimum absolute atomic E-state index is 0.141. The Morgan fingerprint density at radius 2 is 1.96 bits per heavy atom. The van der Waals surface area contributed by atoms with Crippen LogP contribution in [0.15, 0.2) is 42.9 Å². The highest BCUT2D eigenvalue weighted by Crippen LogP contribution is 2.42. The molecule has 0 amide bonds. The van der Waals surface area contributed by atoms with Crippen LogP contribution in [0.4, 0.5) is 10.9 Å². The summed E-state index contributed by atoms with van der Waals surface area (Å²) in [5.74, 6) is 0.865. The first-order valence-electron chi connectivity index (χ1n) is 9.50. The van der Waals surface area contributed by atoms with E-state index in [4.69, 9.17) is 4.98 Å². The predicted octanol–water partition coefficient (Wildman–Crippen LogP) is 2.94. The fraction of sp³-hybridized carbons (Fsp3) is 0.450. The third kappa shape index (κ3) is 3.26. The molecule has 27 heavy (non-hydrogen) atoms. The minimum Gasteiger partial charge on any atom is -0.391 e. The number of rotatable bonds is 2. The standard InChI is InChI=1S/C20H23N5OS/c26-15-11-20(14-25(13-15)18-12-21-7-8-22-18)5-9-24(10-6-20)19-23-16-3-1-2-4-17(16)27-19/h1-4,7-8,12,15,26H,5-6,9-11,13-14H2. The van der Waals surface area contributed by atoms with Gasteiger partial charge in [0.2, 0.25) is 0 Å². The van der Waals surface area contributed by atoms with Crippen LogP contribution in [0.3, 0.4) is 0 Å². The Morgan fingerprint density at radius 3 is 2.74 bits per heavy atom. The number of aliphatic hydroxyl groups excluding tert-OH is 1. The second-order valence-corrected chi connectivity index (χ2v) is 8.76. The average molecular weight is 382 g/mol. The number of thiazole rings is 1. The number of β-amino-alcohol motifs (C(OH)–C–C–N with tert-alkyl or cyclic N) is 1. The Kier molecular flexibility index (Phi) is 4.21. The molecule has 0 bridgehead atoms. The summed E-state index contributed by atoms with van der Waals surface area (Å²) in [6.45, 7) is 3.56. The summed E-state index contributed by atoms with van der Waals surface area (Å²) in [6.07, 6.45) is 7.90. The number of aliphatic hydroxyl groups is 1. The van der Waals surface area contributed by atoms with Crippen molar-refractivity contribution in [3.8, 4) is 0 Å². The molecule has 4 heterocycles. The van der Waals surface area contributed by atoms with Gasteiger partial charge in [0.25, 0.3) is 0 Å². The van der Waals surface area contributed by atoms with Gasteiger partial charge in [0.1, 0.15) is 5.82 Å². The lowest BCUT2D eigenvalue weighted by Crippen LogP contribution is -2.54. The highest BCUT2D eigenvalue weighted by molar-refractivity contribution is 7.22. The Balaban J connectivity index is 1.32. The second kappa shape index (κ2) is 6.73. The van der Waals surface area contributed by atoms with Gasteiger partial charge in [-0.1, -0.05) is 23.5 Å². The number of benzene rings is 1. The molecule has 2 fully saturated rings. The first kappa shape index (κ1) is 16.9. The van der Waals surface area contributed by atoms with Crippen LogP contribution in [0, 0.1) is 5.41 Å². The zero-order valence-electron chi connectivity index (χ0n) is 15.2. The minimum atomic E-state index is -0.310. The first-order chi connectivity index (χ1) is 13.2. The largest absolute Gasteiger partial charge is 0.391 e. The van der Waals surface area contributed by atoms with Crippen molar-refractivity contribution in [3.63, 3.8) is 0 Å². The van der Waals surface area contributed by atoms with Crippen molar-refractivity contribution >= 4 is 32.5 Å². The summed E-state index contributed by atoms with van der Waals surface area (Å²) < 4.78 is 1.25. The van der Waals surface area contributed by atoms with Gasteiger partial charge >= 0.3 is 0 Å². The quantitative estimate of drug-likeness (QED) is 0.736. The van der Waals surface area contributed by atoms with Crippen LogP contribution in [0.5, 0.6) is 0 Å². The van der Waals surface area contributed by atoms with Gasteiger partial charge in [0.05, 0.1) is 22.5 Å². The van der Waals surface area contributed by atoms with Crippen LogP contribution in [0.2, 0.25) is 0 Å². The Bertz CT molecular complexity index is 889. The molecule has 1 atom stereocenters. The molecule has 2 aliphatic rings. The summed E-state index contributed by atoms with van der Waals surface area (Å²) in [5.41, 5.74) is 1.22. The number of fused-ring (bicyclic) bond motifs is 1. The van der Waals surface area contributed by atoms with Gasteiger partial charge in [-0.25, -0.2) is 9.97 Å². The lowest BCUT2D eigenvalue weighted by Gasteiger charge is -2.49. The van der Waals surface area contributed by atoms with Crippen molar-refractivity contribution in [1.29, 1.82) is 0 Å². The van der Waals surface area contributed by atoms with E-state index in [2.05, 4.69) is 38.0 Å². The van der Waals surface area contributed by atoms with Crippen LogP contribution < -0.4 is 9.80 Å². The Labute approximate surface area is 162 Å². The molecular formula is C20H23N5OS. The molecule has 6 nitrogen and oxygen atoms in total. The molecule has 5 rings (SSSR count). The van der Waals surface area contributed by atoms with E-state index in [9.17, 15) is 5.11 Å². The molecule has 3 aromatic rings. The van der Waals surface area contributed by atoms with Crippen molar-refractivity contribution in [2.45, 2.75) is 25.4 Å². The van der Waals surface area contributed by atoms with E-state index in [0.717, 1.165) is 55.4 Å². The van der Waals surface area contributed by atoms with Crippen LogP contribution >= 0.6 is 11.3 Å². The fourth-order valence-corrected chi connectivity index (χ4v) is 5.53. The SMILES string of the molecule is OC1CN(c2cnccn2)CC2(CCN(c3nc4ccccc4s3)CC2)C1. The van der Waals surface area contributed by atoms with Gasteiger partial charge in [0, 0.05) is 38.6 Å². The monoisotopic (exact) mass is 381 g/mol. The van der Waals surface area contributed by atoms with Crippen molar-refractivity contribution in [3.05, 3.63) is 42.9 Å². The summed E-state index contributed by atoms with van der Waals surface area (Å²) in [4.78, 5) is 18.0. The average Bonchev–Trinajstić information content (AvgIpc) is 3.13. The second-order valence-electron chi connectivity index (χ2n) is 7.75. The van der Waals surface area contributed by atoms with E-state index >= 15 is 0 Å². The Hall–Kier alpha value is -2.25. The van der Waals surface area contributed by atoms with E-state index in [0.29, 0.717) is 6.54 Å². The molecule has 0 aliphatic carbocycles. The molecule has 1 aromatic carbocycles. The predicted molar refractivity (Wildman–Crippen MR) is 108 cm³/mol. The number of para-hydroxylation sites is 1. The maximum absolute atomic E-state index is 10.5. The lowest BCUT2D eigenvalue weighted by molar-refractivity contribution is 0.0595. The van der Waals surface area contributed by atoms with E-state index in [-0.39, 0.29) is 11.5 Å². The molecule has 0 saturated carbocycles. The van der Waals surface area contributed by atoms with Gasteiger partial charge < -0.3 is 14.9 Å². The summed E-state index contributed by atoms with van der Waals surface area (Å²) >= 11 is 1.77. The van der Waals surface area contributed by atoms with Crippen LogP contribution in [0.25, 0.3) is 10.2 Å². The van der Waals surface area contributed by atoms with Crippen molar-refractivity contribution < 1.29 is 5.11 Å². The molecule has 2 aromatic heterocycles. The molecule has 1 N–H and O–H groups in total. The maximum Gasteiger partial charge on any atom is 0.186 e. The lowest BCUT2D eigenvalue weighted by atomic mass is 9.71. The number of anilines is 2. The van der Waals surface area contributed by atoms with Crippen molar-refractivity contribution in [1.82, 2.24) is 15.0 Å². The van der Waals surface area contributed by atoms with Crippen LogP contribution in [-0.2, 0) is 0 Å². The number of hydrogen-bond donors (Lipinski definition) is 1. The summed E-state index contributed by atoms with van der Waals surface area (Å²) in [6, 6.07) is 8.33. The number of hydrogen-bond acceptors (Lipinski definition) is 7. The van der Waals surface area contributed by atoms with Crippen LogP contribution in [0.1, 0.15) is 19.3 Å². The third-order valence-corrected chi connectivity index (χ3v) is 6.97. The van der Waals surface area contributed by atoms with Gasteiger partial charge in [-0.05, 0) is 36.8 Å². The maximum atomic E-state index is 10.5. The molecular weight excluding hydrogens is 358 g/mol. The number of nitrogens with zero attached hydrogens (tertiary/aromatic N) is 5. The summed E-state index contributed by atoms with van der Waals surface area (Å²) in [5, 5.41) is 11.6. The molecule has 1 unspecified atom stereocenters. The Morgan fingerprint density at radius 1 is 1.11 bits per heavy atom. The fourth-order valence-electron chi connectivity index (χ4n) is 4.51. The highest BCUT2D eigenvalue weighted by Gasteiger charge is 2.42. The van der Waals surface area contributed by atoms with Gasteiger partial charge in [-0.2, -0.15) is 0 Å². The molecule has 2 aliphatic heterocycles. The molecule has 2 saturated heterocycles. The topological polar surface area (TPSA) is 65.4 Å². The third-order valence-electron chi connectivity index (χ3n) is 5.88. The molecule has 140 valence electrons. The number of piperidine rings is 2. The number of aromatic nitrogens is 3. The zero-order chi connectivity index (χ0) is 18.3. The van der Waals surface area contributed by atoms with E-state index in [1.807, 2.05) is 6.07 Å². The van der Waals surface area contributed by atoms with Gasteiger partial charge in [-0.15, -0.1) is 0 Å². The van der Waals surface area contributed by atoms with Gasteiger partial charge in [-0.3, -0.25) is 4.98 Å². The summed E-state index contributed by atoms with van der Waals surface area (Å²) in [7, 11) is 0. The van der Waals surface area contributed by atoms with E-state index < -0.39 is 0 Å². The van der Waals surface area contributed by atoms with E-state index in [1.165, 1.54) is 4.70 Å². The smallest absolute Gasteiger partial charge is 0.186 e. The van der Waals surface area contributed by atoms with Crippen molar-refractivity contribution in [2.75, 3.05) is 36.0 Å².